The summed E-state index contributed by atoms with van der Waals surface area (Å²) in [6, 6.07) is 85.0. The highest BCUT2D eigenvalue weighted by atomic mass is 15.1. The maximum absolute atomic E-state index is 2.35. The molecular formula is C63H51N. The molecule has 0 N–H and O–H groups in total. The quantitative estimate of drug-likeness (QED) is 0.111. The van der Waals surface area contributed by atoms with E-state index in [0.29, 0.717) is 0 Å². The van der Waals surface area contributed by atoms with Gasteiger partial charge in [-0.25, -0.2) is 0 Å². The second kappa shape index (κ2) is 19.4. The highest BCUT2D eigenvalue weighted by Gasteiger charge is 2.14. The second-order valence-corrected chi connectivity index (χ2v) is 16.4. The van der Waals surface area contributed by atoms with Gasteiger partial charge in [-0.15, -0.1) is 0 Å². The largest absolute Gasteiger partial charge is 0.311 e. The van der Waals surface area contributed by atoms with Crippen LogP contribution >= 0.6 is 0 Å². The summed E-state index contributed by atoms with van der Waals surface area (Å²) in [5, 5.41) is 0. The number of anilines is 3. The summed E-state index contributed by atoms with van der Waals surface area (Å²) in [5.41, 5.74) is 21.4. The van der Waals surface area contributed by atoms with E-state index in [1.165, 1.54) is 83.5 Å². The first-order chi connectivity index (χ1) is 31.4. The van der Waals surface area contributed by atoms with Gasteiger partial charge < -0.3 is 4.90 Å². The van der Waals surface area contributed by atoms with Crippen LogP contribution in [0.3, 0.4) is 0 Å². The summed E-state index contributed by atoms with van der Waals surface area (Å²) in [6.45, 7) is 6.51. The smallest absolute Gasteiger partial charge is 0.0462 e. The van der Waals surface area contributed by atoms with Crippen LogP contribution in [-0.2, 0) is 0 Å². The Morgan fingerprint density at radius 2 is 0.453 bits per heavy atom. The van der Waals surface area contributed by atoms with Gasteiger partial charge in [0.05, 0.1) is 0 Å². The van der Waals surface area contributed by atoms with Crippen LogP contribution in [0, 0.1) is 0 Å². The van der Waals surface area contributed by atoms with Crippen molar-refractivity contribution in [1.29, 1.82) is 0 Å². The Balaban J connectivity index is 0.981. The summed E-state index contributed by atoms with van der Waals surface area (Å²) in [7, 11) is 0. The van der Waals surface area contributed by atoms with Gasteiger partial charge in [-0.3, -0.25) is 0 Å². The Morgan fingerprint density at radius 1 is 0.250 bits per heavy atom. The van der Waals surface area contributed by atoms with Crippen molar-refractivity contribution in [2.24, 2.45) is 0 Å². The highest BCUT2D eigenvalue weighted by molar-refractivity contribution is 5.85. The predicted molar refractivity (Wildman–Crippen MR) is 277 cm³/mol. The van der Waals surface area contributed by atoms with Crippen molar-refractivity contribution in [3.63, 3.8) is 0 Å². The van der Waals surface area contributed by atoms with Crippen molar-refractivity contribution in [2.45, 2.75) is 20.8 Å². The Hall–Kier alpha value is -8.00. The fourth-order valence-corrected chi connectivity index (χ4v) is 8.27. The summed E-state index contributed by atoms with van der Waals surface area (Å²) in [6.07, 6.45) is 6.74. The van der Waals surface area contributed by atoms with Gasteiger partial charge in [0.25, 0.3) is 0 Å². The maximum atomic E-state index is 2.35. The first kappa shape index (κ1) is 41.4. The van der Waals surface area contributed by atoms with Gasteiger partial charge in [-0.2, -0.15) is 0 Å². The molecule has 308 valence electrons. The van der Waals surface area contributed by atoms with E-state index in [1.807, 2.05) is 0 Å². The Labute approximate surface area is 379 Å². The van der Waals surface area contributed by atoms with Gasteiger partial charge in [-0.1, -0.05) is 218 Å². The summed E-state index contributed by atoms with van der Waals surface area (Å²) >= 11 is 0. The fraction of sp³-hybridized carbons (Fsp3) is 0.0476. The molecule has 0 fully saturated rings. The lowest BCUT2D eigenvalue weighted by atomic mass is 9.99. The minimum Gasteiger partial charge on any atom is -0.311 e. The van der Waals surface area contributed by atoms with Gasteiger partial charge >= 0.3 is 0 Å². The zero-order chi connectivity index (χ0) is 43.7. The molecule has 9 aromatic carbocycles. The van der Waals surface area contributed by atoms with Crippen LogP contribution in [0.15, 0.2) is 237 Å². The molecule has 1 nitrogen and oxygen atoms in total. The molecule has 64 heavy (non-hydrogen) atoms. The zero-order valence-electron chi connectivity index (χ0n) is 36.7. The van der Waals surface area contributed by atoms with E-state index in [-0.39, 0.29) is 0 Å². The molecule has 0 saturated carbocycles. The van der Waals surface area contributed by atoms with Gasteiger partial charge in [0.2, 0.25) is 0 Å². The Morgan fingerprint density at radius 3 is 0.672 bits per heavy atom. The number of rotatable bonds is 12. The normalized spacial score (nSPS) is 12.0. The van der Waals surface area contributed by atoms with Crippen LogP contribution in [0.4, 0.5) is 17.1 Å². The molecule has 0 unspecified atom stereocenters. The monoisotopic (exact) mass is 821 g/mol. The molecule has 0 aliphatic rings. The van der Waals surface area contributed by atoms with Gasteiger partial charge in [-0.05, 0) is 141 Å². The molecule has 0 saturated heterocycles. The maximum Gasteiger partial charge on any atom is 0.0462 e. The van der Waals surface area contributed by atoms with Crippen LogP contribution in [-0.4, -0.2) is 0 Å². The van der Waals surface area contributed by atoms with E-state index in [1.54, 1.807) is 0 Å². The van der Waals surface area contributed by atoms with Crippen molar-refractivity contribution >= 4 is 52.0 Å². The molecule has 9 rings (SSSR count). The first-order valence-electron chi connectivity index (χ1n) is 22.1. The molecule has 0 aliphatic carbocycles. The van der Waals surface area contributed by atoms with Crippen molar-refractivity contribution in [3.8, 4) is 33.4 Å². The Kier molecular flexibility index (Phi) is 12.5. The van der Waals surface area contributed by atoms with Crippen LogP contribution in [0.5, 0.6) is 0 Å². The molecular weight excluding hydrogens is 771 g/mol. The third-order valence-corrected chi connectivity index (χ3v) is 11.9. The third-order valence-electron chi connectivity index (χ3n) is 11.9. The summed E-state index contributed by atoms with van der Waals surface area (Å²) in [4.78, 5) is 2.35. The number of hydrogen-bond acceptors (Lipinski definition) is 1. The molecule has 0 aliphatic heterocycles. The minimum atomic E-state index is 1.09. The van der Waals surface area contributed by atoms with E-state index >= 15 is 0 Å². The number of hydrogen-bond donors (Lipinski definition) is 0. The SMILES string of the molecule is CC(=Cc1ccc(-c2ccc(N(c3ccc(-c4ccc(C=C(C)c5ccccc5)cc4)cc3)c3ccc(-c4ccc(C=C(C)c5ccccc5)cc4)cc3)cc2)cc1)c1ccccc1. The number of benzene rings is 9. The predicted octanol–water partition coefficient (Wildman–Crippen LogP) is 17.8. The molecule has 0 amide bonds. The molecule has 9 aromatic rings. The zero-order valence-corrected chi connectivity index (χ0v) is 36.7. The fourth-order valence-electron chi connectivity index (χ4n) is 8.27. The average molecular weight is 822 g/mol. The number of nitrogens with zero attached hydrogens (tertiary/aromatic N) is 1. The van der Waals surface area contributed by atoms with E-state index < -0.39 is 0 Å². The molecule has 0 heterocycles. The van der Waals surface area contributed by atoms with E-state index in [4.69, 9.17) is 0 Å². The lowest BCUT2D eigenvalue weighted by Crippen LogP contribution is -2.09. The summed E-state index contributed by atoms with van der Waals surface area (Å²) in [5.74, 6) is 0. The van der Waals surface area contributed by atoms with Crippen LogP contribution in [0.2, 0.25) is 0 Å². The highest BCUT2D eigenvalue weighted by Crippen LogP contribution is 2.38. The van der Waals surface area contributed by atoms with Crippen LogP contribution in [0.25, 0.3) is 68.3 Å². The van der Waals surface area contributed by atoms with Crippen molar-refractivity contribution in [3.05, 3.63) is 270 Å². The van der Waals surface area contributed by atoms with Crippen molar-refractivity contribution in [2.75, 3.05) is 4.90 Å². The lowest BCUT2D eigenvalue weighted by molar-refractivity contribution is 1.28. The van der Waals surface area contributed by atoms with Crippen molar-refractivity contribution in [1.82, 2.24) is 0 Å². The van der Waals surface area contributed by atoms with Crippen molar-refractivity contribution < 1.29 is 0 Å². The standard InChI is InChI=1S/C63H51N/c1-46(52-13-7-4-8-14-52)43-49-19-25-55(26-20-49)58-31-37-61(38-32-58)64(62-39-33-59(34-40-62)56-27-21-50(22-28-56)44-47(2)53-15-9-5-10-16-53)63-41-35-60(36-42-63)57-29-23-51(24-30-57)45-48(3)54-17-11-6-12-18-54/h4-45H,1-3H3. The van der Waals surface area contributed by atoms with Crippen LogP contribution in [0.1, 0.15) is 54.2 Å². The molecule has 0 radical (unpaired) electrons. The topological polar surface area (TPSA) is 3.24 Å². The number of allylic oxidation sites excluding steroid dienone is 3. The molecule has 0 bridgehead atoms. The van der Waals surface area contributed by atoms with Gasteiger partial charge in [0.1, 0.15) is 0 Å². The van der Waals surface area contributed by atoms with Crippen LogP contribution < -0.4 is 4.90 Å². The second-order valence-electron chi connectivity index (χ2n) is 16.4. The first-order valence-corrected chi connectivity index (χ1v) is 22.1. The Bertz CT molecular complexity index is 2670. The molecule has 0 atom stereocenters. The molecule has 1 heteroatoms. The molecule has 0 spiro atoms. The summed E-state index contributed by atoms with van der Waals surface area (Å²) < 4.78 is 0. The van der Waals surface area contributed by atoms with E-state index in [0.717, 1.165) is 17.1 Å². The van der Waals surface area contributed by atoms with Gasteiger partial charge in [0.15, 0.2) is 0 Å². The lowest BCUT2D eigenvalue weighted by Gasteiger charge is -2.26. The molecule has 0 aromatic heterocycles. The van der Waals surface area contributed by atoms with E-state index in [9.17, 15) is 0 Å². The van der Waals surface area contributed by atoms with Gasteiger partial charge in [0, 0.05) is 17.1 Å². The minimum absolute atomic E-state index is 1.09. The van der Waals surface area contributed by atoms with E-state index in [2.05, 4.69) is 280 Å². The third kappa shape index (κ3) is 9.87. The average Bonchev–Trinajstić information content (AvgIpc) is 3.36.